The fourth-order valence-electron chi connectivity index (χ4n) is 2.08. The van der Waals surface area contributed by atoms with Crippen LogP contribution in [0, 0.1) is 0 Å². The molecule has 0 spiro atoms. The fourth-order valence-corrected chi connectivity index (χ4v) is 13.7. The van der Waals surface area contributed by atoms with E-state index in [4.69, 9.17) is 0 Å². The highest BCUT2D eigenvalue weighted by atomic mass is 28.4. The molecule has 1 nitrogen and oxygen atoms in total. The first-order valence-electron chi connectivity index (χ1n) is 5.49. The molecule has 0 aliphatic rings. The van der Waals surface area contributed by atoms with Crippen LogP contribution in [-0.2, 0) is 0 Å². The van der Waals surface area contributed by atoms with E-state index in [1.807, 2.05) is 0 Å². The molecule has 78 valence electrons. The van der Waals surface area contributed by atoms with Gasteiger partial charge in [0.2, 0.25) is 0 Å². The Balaban J connectivity index is 4.24. The van der Waals surface area contributed by atoms with Gasteiger partial charge in [0.05, 0.1) is 20.1 Å². The Labute approximate surface area is 90.1 Å². The monoisotopic (exact) mass is 231 g/mol. The topological polar surface area (TPSA) is 3.24 Å². The van der Waals surface area contributed by atoms with Crippen molar-refractivity contribution in [1.29, 1.82) is 0 Å². The average molecular weight is 232 g/mol. The molecular weight excluding hydrogens is 206 g/mol. The zero-order chi connectivity index (χ0) is 10.3. The van der Waals surface area contributed by atoms with Crippen LogP contribution < -0.4 is 0 Å². The highest BCUT2D eigenvalue weighted by Crippen LogP contribution is 2.22. The van der Waals surface area contributed by atoms with Crippen LogP contribution in [-0.4, -0.2) is 32.2 Å². The number of hydrogen-bond donors (Lipinski definition) is 0. The maximum atomic E-state index is 3.83. The van der Waals surface area contributed by atoms with Gasteiger partial charge < -0.3 is 3.90 Å². The Morgan fingerprint density at radius 2 is 1.77 bits per heavy atom. The van der Waals surface area contributed by atoms with Crippen LogP contribution in [0.4, 0.5) is 0 Å². The fraction of sp³-hybridized carbons (Fsp3) is 0.778. The molecule has 0 rings (SSSR count). The number of allylic oxidation sites excluding steroid dienone is 1. The second kappa shape index (κ2) is 6.75. The minimum Gasteiger partial charge on any atom is -0.380 e. The van der Waals surface area contributed by atoms with Gasteiger partial charge in [-0.3, -0.25) is 0 Å². The molecule has 0 heterocycles. The molecule has 0 aromatic heterocycles. The maximum absolute atomic E-state index is 3.83. The van der Waals surface area contributed by atoms with E-state index in [1.54, 1.807) is 0 Å². The summed E-state index contributed by atoms with van der Waals surface area (Å²) in [6.45, 7) is 11.0. The van der Waals surface area contributed by atoms with Gasteiger partial charge in [0.25, 0.3) is 0 Å². The lowest BCUT2D eigenvalue weighted by molar-refractivity contribution is 0.928. The van der Waals surface area contributed by atoms with Gasteiger partial charge in [0.1, 0.15) is 8.24 Å². The van der Waals surface area contributed by atoms with Crippen molar-refractivity contribution in [2.24, 2.45) is 0 Å². The molecule has 0 saturated carbocycles. The molecule has 0 N–H and O–H groups in total. The van der Waals surface area contributed by atoms with Gasteiger partial charge in [-0.2, -0.15) is 0 Å². The van der Waals surface area contributed by atoms with Crippen molar-refractivity contribution in [1.82, 2.24) is 3.90 Å². The molecule has 0 radical (unpaired) electrons. The van der Waals surface area contributed by atoms with Crippen LogP contribution in [0.15, 0.2) is 12.7 Å². The summed E-state index contributed by atoms with van der Waals surface area (Å²) in [7, 11) is 0.387. The third-order valence-corrected chi connectivity index (χ3v) is 17.2. The molecular formula is C9H25NSi3. The van der Waals surface area contributed by atoms with Crippen molar-refractivity contribution in [2.45, 2.75) is 44.9 Å². The van der Waals surface area contributed by atoms with Crippen LogP contribution in [0.3, 0.4) is 0 Å². The first-order valence-corrected chi connectivity index (χ1v) is 10.6. The Kier molecular flexibility index (Phi) is 6.93. The summed E-state index contributed by atoms with van der Waals surface area (Å²) in [6, 6.07) is 5.66. The van der Waals surface area contributed by atoms with Gasteiger partial charge in [-0.1, -0.05) is 26.8 Å². The highest BCUT2D eigenvalue weighted by molar-refractivity contribution is 6.86. The molecule has 0 bridgehead atoms. The molecule has 0 atom stereocenters. The summed E-state index contributed by atoms with van der Waals surface area (Å²) >= 11 is 0. The quantitative estimate of drug-likeness (QED) is 0.471. The Morgan fingerprint density at radius 3 is 2.08 bits per heavy atom. The van der Waals surface area contributed by atoms with E-state index in [0.29, 0.717) is 0 Å². The standard InChI is InChI=1S/C9H25NSi3/c1-5-9-12-10(11)13(6-2,7-3)8-4/h5H,1,6-9,12H2,2-4,11H3. The predicted octanol–water partition coefficient (Wildman–Crippen LogP) is 1.26. The van der Waals surface area contributed by atoms with E-state index < -0.39 is 8.24 Å². The third kappa shape index (κ3) is 3.53. The Hall–Kier alpha value is 0.351. The second-order valence-electron chi connectivity index (χ2n) is 3.78. The predicted molar refractivity (Wildman–Crippen MR) is 72.5 cm³/mol. The Bertz CT molecular complexity index is 138. The van der Waals surface area contributed by atoms with E-state index in [9.17, 15) is 0 Å². The van der Waals surface area contributed by atoms with Gasteiger partial charge in [0.15, 0.2) is 0 Å². The maximum Gasteiger partial charge on any atom is 0.113 e. The summed E-state index contributed by atoms with van der Waals surface area (Å²) < 4.78 is 2.91. The van der Waals surface area contributed by atoms with E-state index in [0.717, 1.165) is 0 Å². The minimum atomic E-state index is -0.949. The molecule has 0 saturated heterocycles. The molecule has 0 aliphatic carbocycles. The number of nitrogens with zero attached hydrogens (tertiary/aromatic N) is 1. The summed E-state index contributed by atoms with van der Waals surface area (Å²) in [5.41, 5.74) is 0. The zero-order valence-corrected chi connectivity index (χ0v) is 14.2. The SMILES string of the molecule is C=CC[SiH2]N([SiH3])[Si](CC)(CC)CC. The average Bonchev–Trinajstić information content (AvgIpc) is 2.18. The van der Waals surface area contributed by atoms with Crippen LogP contribution in [0.2, 0.25) is 24.2 Å². The number of hydrogen-bond acceptors (Lipinski definition) is 1. The van der Waals surface area contributed by atoms with Crippen LogP contribution in [0.25, 0.3) is 0 Å². The molecule has 0 amide bonds. The summed E-state index contributed by atoms with van der Waals surface area (Å²) in [6.07, 6.45) is 2.11. The molecule has 0 unspecified atom stereocenters. The molecule has 4 heteroatoms. The summed E-state index contributed by atoms with van der Waals surface area (Å²) in [5.74, 6) is 0. The van der Waals surface area contributed by atoms with Crippen molar-refractivity contribution in [3.63, 3.8) is 0 Å². The van der Waals surface area contributed by atoms with E-state index >= 15 is 0 Å². The second-order valence-corrected chi connectivity index (χ2v) is 15.0. The molecule has 0 aliphatic heterocycles. The van der Waals surface area contributed by atoms with Gasteiger partial charge in [-0.15, -0.1) is 6.58 Å². The first kappa shape index (κ1) is 13.4. The summed E-state index contributed by atoms with van der Waals surface area (Å²) in [4.78, 5) is 0. The molecule has 0 aromatic rings. The van der Waals surface area contributed by atoms with Gasteiger partial charge in [-0.05, 0) is 24.2 Å². The molecule has 0 fully saturated rings. The largest absolute Gasteiger partial charge is 0.380 e. The zero-order valence-electron chi connectivity index (χ0n) is 9.77. The molecule has 0 aromatic carbocycles. The first-order chi connectivity index (χ1) is 6.16. The lowest BCUT2D eigenvalue weighted by Gasteiger charge is -2.38. The highest BCUT2D eigenvalue weighted by Gasteiger charge is 2.30. The van der Waals surface area contributed by atoms with E-state index in [1.165, 1.54) is 34.6 Å². The van der Waals surface area contributed by atoms with Crippen molar-refractivity contribution < 1.29 is 0 Å². The van der Waals surface area contributed by atoms with Gasteiger partial charge in [-0.25, -0.2) is 0 Å². The third-order valence-electron chi connectivity index (χ3n) is 3.45. The van der Waals surface area contributed by atoms with Crippen LogP contribution in [0.1, 0.15) is 20.8 Å². The van der Waals surface area contributed by atoms with E-state index in [2.05, 4.69) is 37.3 Å². The van der Waals surface area contributed by atoms with Gasteiger partial charge in [0, 0.05) is 0 Å². The normalized spacial score (nSPS) is 13.2. The smallest absolute Gasteiger partial charge is 0.113 e. The van der Waals surface area contributed by atoms with Crippen molar-refractivity contribution in [3.05, 3.63) is 12.7 Å². The number of rotatable bonds is 7. The van der Waals surface area contributed by atoms with Crippen molar-refractivity contribution in [2.75, 3.05) is 0 Å². The van der Waals surface area contributed by atoms with E-state index in [-0.39, 0.29) is 9.68 Å². The van der Waals surface area contributed by atoms with Crippen molar-refractivity contribution >= 4 is 28.3 Å². The van der Waals surface area contributed by atoms with Crippen molar-refractivity contribution in [3.8, 4) is 0 Å². The summed E-state index contributed by atoms with van der Waals surface area (Å²) in [5, 5.41) is 0. The Morgan fingerprint density at radius 1 is 1.31 bits per heavy atom. The van der Waals surface area contributed by atoms with Crippen LogP contribution in [0.5, 0.6) is 0 Å². The van der Waals surface area contributed by atoms with Crippen LogP contribution >= 0.6 is 0 Å². The lowest BCUT2D eigenvalue weighted by atomic mass is 10.8. The molecule has 13 heavy (non-hydrogen) atoms. The minimum absolute atomic E-state index is 0.0373. The van der Waals surface area contributed by atoms with Gasteiger partial charge >= 0.3 is 0 Å². The lowest BCUT2D eigenvalue weighted by Crippen LogP contribution is -2.52.